The highest BCUT2D eigenvalue weighted by molar-refractivity contribution is 5.87. The lowest BCUT2D eigenvalue weighted by Gasteiger charge is -2.37. The Morgan fingerprint density at radius 2 is 1.89 bits per heavy atom. The van der Waals surface area contributed by atoms with Crippen LogP contribution >= 0.6 is 0 Å². The number of hydrogen-bond donors (Lipinski definition) is 2. The van der Waals surface area contributed by atoms with Gasteiger partial charge in [0.25, 0.3) is 0 Å². The van der Waals surface area contributed by atoms with Gasteiger partial charge in [0.05, 0.1) is 0 Å². The van der Waals surface area contributed by atoms with Crippen LogP contribution in [-0.2, 0) is 9.59 Å². The summed E-state index contributed by atoms with van der Waals surface area (Å²) in [6, 6.07) is -0.431. The van der Waals surface area contributed by atoms with Gasteiger partial charge in [-0.25, -0.2) is 0 Å². The molecule has 0 aromatic heterocycles. The van der Waals surface area contributed by atoms with E-state index in [9.17, 15) is 9.59 Å². The van der Waals surface area contributed by atoms with Crippen molar-refractivity contribution in [1.29, 1.82) is 0 Å². The molecule has 0 radical (unpaired) electrons. The molecule has 1 unspecified atom stereocenters. The molecule has 18 heavy (non-hydrogen) atoms. The third kappa shape index (κ3) is 3.02. The lowest BCUT2D eigenvalue weighted by Crippen LogP contribution is -2.52. The predicted octanol–water partition coefficient (Wildman–Crippen LogP) is 0.385. The lowest BCUT2D eigenvalue weighted by atomic mass is 9.75. The van der Waals surface area contributed by atoms with E-state index in [1.165, 1.54) is 0 Å². The fraction of sp³-hybridized carbons (Fsp3) is 0.846. The molecule has 1 saturated carbocycles. The molecule has 0 spiro atoms. The zero-order valence-electron chi connectivity index (χ0n) is 11.1. The van der Waals surface area contributed by atoms with Gasteiger partial charge in [-0.3, -0.25) is 9.59 Å². The van der Waals surface area contributed by atoms with Gasteiger partial charge in [0, 0.05) is 25.0 Å². The summed E-state index contributed by atoms with van der Waals surface area (Å²) in [7, 11) is 0. The normalized spacial score (nSPS) is 23.3. The molecule has 3 N–H and O–H groups in total. The topological polar surface area (TPSA) is 75.4 Å². The third-order valence-corrected chi connectivity index (χ3v) is 4.03. The number of carbonyl (C=O) groups is 2. The van der Waals surface area contributed by atoms with Gasteiger partial charge < -0.3 is 16.0 Å². The number of rotatable bonds is 4. The average molecular weight is 253 g/mol. The van der Waals surface area contributed by atoms with Gasteiger partial charge >= 0.3 is 0 Å². The molecule has 0 bridgehead atoms. The minimum absolute atomic E-state index is 0.0283. The maximum atomic E-state index is 12.0. The summed E-state index contributed by atoms with van der Waals surface area (Å²) in [4.78, 5) is 25.7. The first-order chi connectivity index (χ1) is 8.50. The van der Waals surface area contributed by atoms with E-state index in [2.05, 4.69) is 5.32 Å². The van der Waals surface area contributed by atoms with Gasteiger partial charge in [-0.15, -0.1) is 0 Å². The molecule has 1 atom stereocenters. The van der Waals surface area contributed by atoms with Crippen LogP contribution in [0.5, 0.6) is 0 Å². The molecule has 5 heteroatoms. The lowest BCUT2D eigenvalue weighted by molar-refractivity contribution is -0.135. The van der Waals surface area contributed by atoms with Crippen LogP contribution in [0.1, 0.15) is 45.4 Å². The zero-order chi connectivity index (χ0) is 13.2. The van der Waals surface area contributed by atoms with Gasteiger partial charge in [-0.1, -0.05) is 0 Å². The Morgan fingerprint density at radius 1 is 1.28 bits per heavy atom. The Labute approximate surface area is 108 Å². The van der Waals surface area contributed by atoms with E-state index in [1.54, 1.807) is 6.92 Å². The molecule has 0 aromatic carbocycles. The largest absolute Gasteiger partial charge is 0.345 e. The molecule has 2 amide bonds. The van der Waals surface area contributed by atoms with Crippen LogP contribution in [0.25, 0.3) is 0 Å². The standard InChI is InChI=1S/C13H23N3O2/c1-10(12(18)16-7-2-3-8-16)15-11(17)9-13(14)5-4-6-13/h10H,2-9,14H2,1H3,(H,15,17). The van der Waals surface area contributed by atoms with Crippen molar-refractivity contribution in [2.75, 3.05) is 13.1 Å². The Morgan fingerprint density at radius 3 is 2.39 bits per heavy atom. The first kappa shape index (κ1) is 13.3. The molecule has 5 nitrogen and oxygen atoms in total. The molecule has 1 saturated heterocycles. The van der Waals surface area contributed by atoms with Crippen molar-refractivity contribution in [3.8, 4) is 0 Å². The molecular weight excluding hydrogens is 230 g/mol. The van der Waals surface area contributed by atoms with Gasteiger partial charge in [-0.05, 0) is 39.0 Å². The number of hydrogen-bond acceptors (Lipinski definition) is 3. The Bertz CT molecular complexity index is 333. The first-order valence-corrected chi connectivity index (χ1v) is 6.87. The highest BCUT2D eigenvalue weighted by atomic mass is 16.2. The minimum atomic E-state index is -0.431. The van der Waals surface area contributed by atoms with Crippen molar-refractivity contribution in [2.45, 2.75) is 57.0 Å². The number of nitrogens with zero attached hydrogens (tertiary/aromatic N) is 1. The van der Waals surface area contributed by atoms with Gasteiger partial charge in [0.2, 0.25) is 11.8 Å². The fourth-order valence-corrected chi connectivity index (χ4v) is 2.69. The van der Waals surface area contributed by atoms with Gasteiger partial charge in [-0.2, -0.15) is 0 Å². The summed E-state index contributed by atoms with van der Waals surface area (Å²) in [5.41, 5.74) is 5.70. The molecule has 102 valence electrons. The summed E-state index contributed by atoms with van der Waals surface area (Å²) in [5, 5.41) is 2.77. The SMILES string of the molecule is CC(NC(=O)CC1(N)CCC1)C(=O)N1CCCC1. The van der Waals surface area contributed by atoms with E-state index in [4.69, 9.17) is 5.73 Å². The fourth-order valence-electron chi connectivity index (χ4n) is 2.69. The van der Waals surface area contributed by atoms with Gasteiger partial charge in [0.15, 0.2) is 0 Å². The van der Waals surface area contributed by atoms with E-state index in [0.717, 1.165) is 45.2 Å². The van der Waals surface area contributed by atoms with Crippen molar-refractivity contribution >= 4 is 11.8 Å². The van der Waals surface area contributed by atoms with Crippen LogP contribution < -0.4 is 11.1 Å². The Kier molecular flexibility index (Phi) is 3.90. The van der Waals surface area contributed by atoms with Crippen LogP contribution in [0.15, 0.2) is 0 Å². The molecule has 1 aliphatic carbocycles. The number of nitrogens with one attached hydrogen (secondary N) is 1. The number of likely N-dealkylation sites (tertiary alicyclic amines) is 1. The smallest absolute Gasteiger partial charge is 0.244 e. The number of nitrogens with two attached hydrogens (primary N) is 1. The van der Waals surface area contributed by atoms with Crippen molar-refractivity contribution < 1.29 is 9.59 Å². The van der Waals surface area contributed by atoms with Crippen molar-refractivity contribution in [2.24, 2.45) is 5.73 Å². The van der Waals surface area contributed by atoms with Crippen LogP contribution in [0, 0.1) is 0 Å². The van der Waals surface area contributed by atoms with Crippen molar-refractivity contribution in [3.05, 3.63) is 0 Å². The second-order valence-corrected chi connectivity index (χ2v) is 5.71. The van der Waals surface area contributed by atoms with Crippen LogP contribution in [0.2, 0.25) is 0 Å². The molecule has 2 rings (SSSR count). The average Bonchev–Trinajstić information content (AvgIpc) is 2.78. The maximum absolute atomic E-state index is 12.0. The highest BCUT2D eigenvalue weighted by Crippen LogP contribution is 2.31. The van der Waals surface area contributed by atoms with Crippen LogP contribution in [0.4, 0.5) is 0 Å². The summed E-state index contributed by atoms with van der Waals surface area (Å²) < 4.78 is 0. The van der Waals surface area contributed by atoms with Gasteiger partial charge in [0.1, 0.15) is 6.04 Å². The zero-order valence-corrected chi connectivity index (χ0v) is 11.1. The van der Waals surface area contributed by atoms with E-state index < -0.39 is 6.04 Å². The van der Waals surface area contributed by atoms with E-state index in [1.807, 2.05) is 4.90 Å². The summed E-state index contributed by atoms with van der Waals surface area (Å²) in [5.74, 6) is -0.0715. The second-order valence-electron chi connectivity index (χ2n) is 5.71. The summed E-state index contributed by atoms with van der Waals surface area (Å²) in [6.45, 7) is 3.39. The van der Waals surface area contributed by atoms with Crippen molar-refractivity contribution in [1.82, 2.24) is 10.2 Å². The monoisotopic (exact) mass is 253 g/mol. The summed E-state index contributed by atoms with van der Waals surface area (Å²) >= 11 is 0. The van der Waals surface area contributed by atoms with E-state index in [-0.39, 0.29) is 17.4 Å². The molecule has 2 aliphatic rings. The number of carbonyl (C=O) groups excluding carboxylic acids is 2. The summed E-state index contributed by atoms with van der Waals surface area (Å²) in [6.07, 6.45) is 5.40. The molecule has 1 aliphatic heterocycles. The minimum Gasteiger partial charge on any atom is -0.345 e. The van der Waals surface area contributed by atoms with E-state index in [0.29, 0.717) is 6.42 Å². The van der Waals surface area contributed by atoms with Crippen molar-refractivity contribution in [3.63, 3.8) is 0 Å². The second kappa shape index (κ2) is 5.26. The van der Waals surface area contributed by atoms with E-state index >= 15 is 0 Å². The maximum Gasteiger partial charge on any atom is 0.244 e. The molecule has 1 heterocycles. The highest BCUT2D eigenvalue weighted by Gasteiger charge is 2.35. The Hall–Kier alpha value is -1.10. The van der Waals surface area contributed by atoms with Crippen LogP contribution in [-0.4, -0.2) is 41.4 Å². The third-order valence-electron chi connectivity index (χ3n) is 4.03. The predicted molar refractivity (Wildman–Crippen MR) is 68.8 cm³/mol. The first-order valence-electron chi connectivity index (χ1n) is 6.87. The molecule has 2 fully saturated rings. The Balaban J connectivity index is 1.77. The van der Waals surface area contributed by atoms with Crippen LogP contribution in [0.3, 0.4) is 0 Å². The molecular formula is C13H23N3O2. The number of amides is 2. The molecule has 0 aromatic rings. The quantitative estimate of drug-likeness (QED) is 0.761.